The highest BCUT2D eigenvalue weighted by Crippen LogP contribution is 2.20. The normalized spacial score (nSPS) is 17.9. The second kappa shape index (κ2) is 10.5. The lowest BCUT2D eigenvalue weighted by molar-refractivity contribution is 0.0170. The molecular formula is C24H32N2O2. The standard InChI is InChI=1S/C24H32N2O2/c1-3-28-23(21-10-6-4-7-11-21)19-26-16-14-25(15-17-26)18-20(2)24(27)22-12-8-5-9-13-22/h4-13,20,23H,3,14-19H2,1-2H3. The molecule has 3 rings (SSSR count). The lowest BCUT2D eigenvalue weighted by Gasteiger charge is -2.37. The molecule has 0 N–H and O–H groups in total. The molecule has 1 aliphatic rings. The Labute approximate surface area is 169 Å². The van der Waals surface area contributed by atoms with Crippen LogP contribution in [-0.2, 0) is 4.74 Å². The summed E-state index contributed by atoms with van der Waals surface area (Å²) in [6, 6.07) is 20.1. The van der Waals surface area contributed by atoms with E-state index in [0.29, 0.717) is 0 Å². The molecule has 2 aromatic rings. The summed E-state index contributed by atoms with van der Waals surface area (Å²) in [5.74, 6) is 0.262. The van der Waals surface area contributed by atoms with Crippen LogP contribution in [0.5, 0.6) is 0 Å². The van der Waals surface area contributed by atoms with E-state index in [9.17, 15) is 4.79 Å². The third kappa shape index (κ3) is 5.74. The Morgan fingerprint density at radius 3 is 2.00 bits per heavy atom. The topological polar surface area (TPSA) is 32.8 Å². The number of nitrogens with zero attached hydrogens (tertiary/aromatic N) is 2. The van der Waals surface area contributed by atoms with Gasteiger partial charge in [-0.1, -0.05) is 67.6 Å². The van der Waals surface area contributed by atoms with Gasteiger partial charge >= 0.3 is 0 Å². The summed E-state index contributed by atoms with van der Waals surface area (Å²) in [4.78, 5) is 17.5. The van der Waals surface area contributed by atoms with Crippen LogP contribution in [0.25, 0.3) is 0 Å². The number of carbonyl (C=O) groups is 1. The fourth-order valence-electron chi connectivity index (χ4n) is 3.87. The van der Waals surface area contributed by atoms with Gasteiger partial charge in [-0.2, -0.15) is 0 Å². The van der Waals surface area contributed by atoms with Gasteiger partial charge in [0, 0.05) is 57.4 Å². The average Bonchev–Trinajstić information content (AvgIpc) is 2.75. The lowest BCUT2D eigenvalue weighted by atomic mass is 9.98. The average molecular weight is 381 g/mol. The maximum absolute atomic E-state index is 12.6. The lowest BCUT2D eigenvalue weighted by Crippen LogP contribution is -2.49. The Morgan fingerprint density at radius 1 is 0.893 bits per heavy atom. The van der Waals surface area contributed by atoms with Gasteiger partial charge in [0.25, 0.3) is 0 Å². The fourth-order valence-corrected chi connectivity index (χ4v) is 3.87. The Bertz CT molecular complexity index is 712. The Hall–Kier alpha value is -2.01. The van der Waals surface area contributed by atoms with E-state index in [1.165, 1.54) is 5.56 Å². The van der Waals surface area contributed by atoms with Crippen LogP contribution in [0.1, 0.15) is 35.9 Å². The zero-order valence-corrected chi connectivity index (χ0v) is 17.1. The molecule has 28 heavy (non-hydrogen) atoms. The molecular weight excluding hydrogens is 348 g/mol. The van der Waals surface area contributed by atoms with Crippen molar-refractivity contribution in [3.63, 3.8) is 0 Å². The molecule has 0 bridgehead atoms. The van der Waals surface area contributed by atoms with Crippen molar-refractivity contribution in [3.05, 3.63) is 71.8 Å². The van der Waals surface area contributed by atoms with Crippen LogP contribution in [0.3, 0.4) is 0 Å². The second-order valence-corrected chi connectivity index (χ2v) is 7.59. The van der Waals surface area contributed by atoms with Crippen molar-refractivity contribution in [1.82, 2.24) is 9.80 Å². The van der Waals surface area contributed by atoms with Gasteiger partial charge in [-0.3, -0.25) is 9.69 Å². The van der Waals surface area contributed by atoms with Gasteiger partial charge in [-0.25, -0.2) is 0 Å². The van der Waals surface area contributed by atoms with E-state index in [1.807, 2.05) is 43.3 Å². The van der Waals surface area contributed by atoms with Gasteiger partial charge in [-0.05, 0) is 12.5 Å². The quantitative estimate of drug-likeness (QED) is 0.618. The van der Waals surface area contributed by atoms with E-state index in [4.69, 9.17) is 4.74 Å². The first-order chi connectivity index (χ1) is 13.7. The number of rotatable bonds is 9. The Kier molecular flexibility index (Phi) is 7.78. The second-order valence-electron chi connectivity index (χ2n) is 7.59. The molecule has 0 saturated carbocycles. The minimum Gasteiger partial charge on any atom is -0.372 e. The van der Waals surface area contributed by atoms with Crippen LogP contribution < -0.4 is 0 Å². The molecule has 1 heterocycles. The maximum atomic E-state index is 12.6. The SMILES string of the molecule is CCOC(CN1CCN(CC(C)C(=O)c2ccccc2)CC1)c1ccccc1. The molecule has 0 amide bonds. The first-order valence-electron chi connectivity index (χ1n) is 10.4. The highest BCUT2D eigenvalue weighted by atomic mass is 16.5. The summed E-state index contributed by atoms with van der Waals surface area (Å²) in [5.41, 5.74) is 2.06. The molecule has 2 unspecified atom stereocenters. The fraction of sp³-hybridized carbons (Fsp3) is 0.458. The molecule has 1 aliphatic heterocycles. The van der Waals surface area contributed by atoms with Crippen molar-refractivity contribution in [2.75, 3.05) is 45.9 Å². The Balaban J connectivity index is 1.48. The summed E-state index contributed by atoms with van der Waals surface area (Å²) >= 11 is 0. The van der Waals surface area contributed by atoms with Crippen molar-refractivity contribution < 1.29 is 9.53 Å². The van der Waals surface area contributed by atoms with Crippen LogP contribution in [0.4, 0.5) is 0 Å². The summed E-state index contributed by atoms with van der Waals surface area (Å²) < 4.78 is 6.00. The van der Waals surface area contributed by atoms with Gasteiger partial charge in [0.1, 0.15) is 0 Å². The number of piperazine rings is 1. The van der Waals surface area contributed by atoms with Crippen molar-refractivity contribution in [1.29, 1.82) is 0 Å². The number of ketones is 1. The molecule has 0 radical (unpaired) electrons. The number of hydrogen-bond acceptors (Lipinski definition) is 4. The molecule has 2 aromatic carbocycles. The van der Waals surface area contributed by atoms with Gasteiger partial charge < -0.3 is 9.64 Å². The highest BCUT2D eigenvalue weighted by molar-refractivity contribution is 5.97. The molecule has 4 nitrogen and oxygen atoms in total. The van der Waals surface area contributed by atoms with Crippen molar-refractivity contribution in [2.24, 2.45) is 5.92 Å². The largest absolute Gasteiger partial charge is 0.372 e. The molecule has 1 saturated heterocycles. The van der Waals surface area contributed by atoms with E-state index in [-0.39, 0.29) is 17.8 Å². The minimum absolute atomic E-state index is 0.0226. The molecule has 150 valence electrons. The number of benzene rings is 2. The van der Waals surface area contributed by atoms with Gasteiger partial charge in [0.2, 0.25) is 0 Å². The van der Waals surface area contributed by atoms with Crippen LogP contribution in [-0.4, -0.2) is 61.5 Å². The first-order valence-corrected chi connectivity index (χ1v) is 10.4. The van der Waals surface area contributed by atoms with Gasteiger partial charge in [-0.15, -0.1) is 0 Å². The molecule has 0 aliphatic carbocycles. The van der Waals surface area contributed by atoms with Crippen molar-refractivity contribution >= 4 is 5.78 Å². The zero-order valence-electron chi connectivity index (χ0n) is 17.1. The van der Waals surface area contributed by atoms with Gasteiger partial charge in [0.15, 0.2) is 5.78 Å². The van der Waals surface area contributed by atoms with E-state index < -0.39 is 0 Å². The van der Waals surface area contributed by atoms with E-state index in [1.54, 1.807) is 0 Å². The summed E-state index contributed by atoms with van der Waals surface area (Å²) in [7, 11) is 0. The van der Waals surface area contributed by atoms with Crippen LogP contribution in [0.15, 0.2) is 60.7 Å². The summed E-state index contributed by atoms with van der Waals surface area (Å²) in [6.45, 7) is 10.6. The van der Waals surface area contributed by atoms with E-state index in [0.717, 1.165) is 51.4 Å². The predicted octanol–water partition coefficient (Wildman–Crippen LogP) is 3.90. The molecule has 0 aromatic heterocycles. The van der Waals surface area contributed by atoms with Crippen LogP contribution in [0, 0.1) is 5.92 Å². The molecule has 0 spiro atoms. The van der Waals surface area contributed by atoms with Crippen molar-refractivity contribution in [3.8, 4) is 0 Å². The third-order valence-electron chi connectivity index (χ3n) is 5.47. The zero-order chi connectivity index (χ0) is 19.8. The minimum atomic E-state index is 0.0226. The smallest absolute Gasteiger partial charge is 0.166 e. The Morgan fingerprint density at radius 2 is 1.43 bits per heavy atom. The third-order valence-corrected chi connectivity index (χ3v) is 5.47. The number of carbonyl (C=O) groups excluding carboxylic acids is 1. The molecule has 2 atom stereocenters. The van der Waals surface area contributed by atoms with Gasteiger partial charge in [0.05, 0.1) is 6.10 Å². The van der Waals surface area contributed by atoms with Crippen molar-refractivity contribution in [2.45, 2.75) is 20.0 Å². The number of Topliss-reactive ketones (excluding diaryl/α,β-unsaturated/α-hetero) is 1. The van der Waals surface area contributed by atoms with E-state index >= 15 is 0 Å². The molecule has 4 heteroatoms. The molecule has 1 fully saturated rings. The number of ether oxygens (including phenoxy) is 1. The predicted molar refractivity (Wildman–Crippen MR) is 114 cm³/mol. The highest BCUT2D eigenvalue weighted by Gasteiger charge is 2.24. The summed E-state index contributed by atoms with van der Waals surface area (Å²) in [6.07, 6.45) is 0.122. The van der Waals surface area contributed by atoms with Crippen LogP contribution in [0.2, 0.25) is 0 Å². The first kappa shape index (κ1) is 20.7. The number of hydrogen-bond donors (Lipinski definition) is 0. The maximum Gasteiger partial charge on any atom is 0.166 e. The van der Waals surface area contributed by atoms with Crippen LogP contribution >= 0.6 is 0 Å². The summed E-state index contributed by atoms with van der Waals surface area (Å²) in [5, 5.41) is 0. The monoisotopic (exact) mass is 380 g/mol. The van der Waals surface area contributed by atoms with E-state index in [2.05, 4.69) is 41.0 Å².